The highest BCUT2D eigenvalue weighted by Gasteiger charge is 2.11. The third kappa shape index (κ3) is 1.99. The Hall–Kier alpha value is -2.68. The fourth-order valence-corrected chi connectivity index (χ4v) is 1.43. The standard InChI is InChI=1S/C11H9N5O/c1-13-7-3-4-8(14-6-7)10-5-9(11(12)17)15-16(10)2/h3-6H,2H3,(H2,12,17). The van der Waals surface area contributed by atoms with Gasteiger partial charge in [0.1, 0.15) is 0 Å². The molecular weight excluding hydrogens is 218 g/mol. The van der Waals surface area contributed by atoms with Crippen LogP contribution in [-0.2, 0) is 7.05 Å². The molecule has 2 N–H and O–H groups in total. The van der Waals surface area contributed by atoms with E-state index < -0.39 is 5.91 Å². The van der Waals surface area contributed by atoms with Crippen LogP contribution < -0.4 is 5.73 Å². The molecule has 1 amide bonds. The van der Waals surface area contributed by atoms with E-state index in [-0.39, 0.29) is 5.69 Å². The van der Waals surface area contributed by atoms with E-state index in [9.17, 15) is 4.79 Å². The van der Waals surface area contributed by atoms with Gasteiger partial charge in [0, 0.05) is 13.2 Å². The van der Waals surface area contributed by atoms with E-state index in [4.69, 9.17) is 12.3 Å². The second kappa shape index (κ2) is 4.06. The van der Waals surface area contributed by atoms with Crippen LogP contribution in [0.2, 0.25) is 0 Å². The number of rotatable bonds is 2. The Morgan fingerprint density at radius 1 is 1.53 bits per heavy atom. The van der Waals surface area contributed by atoms with Gasteiger partial charge < -0.3 is 5.73 Å². The highest BCUT2D eigenvalue weighted by molar-refractivity contribution is 5.91. The minimum atomic E-state index is -0.579. The number of primary amides is 1. The van der Waals surface area contributed by atoms with E-state index in [0.29, 0.717) is 17.1 Å². The van der Waals surface area contributed by atoms with Gasteiger partial charge in [-0.15, -0.1) is 0 Å². The molecule has 0 radical (unpaired) electrons. The summed E-state index contributed by atoms with van der Waals surface area (Å²) in [6.45, 7) is 6.83. The predicted molar refractivity (Wildman–Crippen MR) is 61.2 cm³/mol. The van der Waals surface area contributed by atoms with Crippen LogP contribution in [0.15, 0.2) is 24.4 Å². The van der Waals surface area contributed by atoms with E-state index >= 15 is 0 Å². The highest BCUT2D eigenvalue weighted by atomic mass is 16.1. The Morgan fingerprint density at radius 2 is 2.29 bits per heavy atom. The first kappa shape index (κ1) is 10.8. The van der Waals surface area contributed by atoms with Gasteiger partial charge in [-0.3, -0.25) is 14.5 Å². The third-order valence-electron chi connectivity index (χ3n) is 2.27. The van der Waals surface area contributed by atoms with Gasteiger partial charge in [-0.2, -0.15) is 5.10 Å². The van der Waals surface area contributed by atoms with Crippen molar-refractivity contribution in [3.05, 3.63) is 41.5 Å². The lowest BCUT2D eigenvalue weighted by atomic mass is 10.2. The number of aromatic nitrogens is 3. The second-order valence-corrected chi connectivity index (χ2v) is 3.42. The van der Waals surface area contributed by atoms with Crippen LogP contribution in [0.25, 0.3) is 16.2 Å². The van der Waals surface area contributed by atoms with Gasteiger partial charge in [-0.1, -0.05) is 6.07 Å². The molecule has 0 spiro atoms. The molecule has 0 bridgehead atoms. The van der Waals surface area contributed by atoms with E-state index in [2.05, 4.69) is 14.9 Å². The molecular formula is C11H9N5O. The number of aryl methyl sites for hydroxylation is 1. The molecule has 0 fully saturated rings. The van der Waals surface area contributed by atoms with E-state index in [0.717, 1.165) is 0 Å². The SMILES string of the molecule is [C-]#[N+]c1ccc(-c2cc(C(N)=O)nn2C)nc1. The summed E-state index contributed by atoms with van der Waals surface area (Å²) in [6, 6.07) is 4.93. The van der Waals surface area contributed by atoms with E-state index in [1.807, 2.05) is 0 Å². The first-order valence-electron chi connectivity index (χ1n) is 4.79. The average Bonchev–Trinajstić information content (AvgIpc) is 2.72. The molecule has 17 heavy (non-hydrogen) atoms. The van der Waals surface area contributed by atoms with Crippen LogP contribution >= 0.6 is 0 Å². The van der Waals surface area contributed by atoms with Crippen molar-refractivity contribution in [1.82, 2.24) is 14.8 Å². The Morgan fingerprint density at radius 3 is 2.76 bits per heavy atom. The molecule has 6 nitrogen and oxygen atoms in total. The Labute approximate surface area is 97.5 Å². The normalized spacial score (nSPS) is 9.88. The van der Waals surface area contributed by atoms with Crippen LogP contribution in [0.3, 0.4) is 0 Å². The van der Waals surface area contributed by atoms with Crippen LogP contribution in [0.4, 0.5) is 5.69 Å². The second-order valence-electron chi connectivity index (χ2n) is 3.42. The summed E-state index contributed by atoms with van der Waals surface area (Å²) in [6.07, 6.45) is 1.47. The number of pyridine rings is 1. The number of nitrogens with zero attached hydrogens (tertiary/aromatic N) is 4. The van der Waals surface area contributed by atoms with Gasteiger partial charge in [0.2, 0.25) is 5.69 Å². The van der Waals surface area contributed by atoms with Crippen molar-refractivity contribution < 1.29 is 4.79 Å². The van der Waals surface area contributed by atoms with Crippen molar-refractivity contribution in [3.63, 3.8) is 0 Å². The molecule has 0 aliphatic carbocycles. The minimum Gasteiger partial charge on any atom is -0.364 e. The van der Waals surface area contributed by atoms with Gasteiger partial charge in [0.15, 0.2) is 5.69 Å². The third-order valence-corrected chi connectivity index (χ3v) is 2.27. The van der Waals surface area contributed by atoms with Crippen molar-refractivity contribution in [2.24, 2.45) is 12.8 Å². The van der Waals surface area contributed by atoms with Gasteiger partial charge >= 0.3 is 0 Å². The van der Waals surface area contributed by atoms with Crippen LogP contribution in [0.5, 0.6) is 0 Å². The lowest BCUT2D eigenvalue weighted by Gasteiger charge is -2.00. The summed E-state index contributed by atoms with van der Waals surface area (Å²) < 4.78 is 1.53. The maximum atomic E-state index is 11.0. The number of carbonyl (C=O) groups excluding carboxylic acids is 1. The lowest BCUT2D eigenvalue weighted by molar-refractivity contribution is 0.0995. The smallest absolute Gasteiger partial charge is 0.269 e. The Bertz CT molecular complexity index is 606. The molecule has 0 saturated heterocycles. The van der Waals surface area contributed by atoms with Crippen LogP contribution in [0.1, 0.15) is 10.5 Å². The maximum absolute atomic E-state index is 11.0. The van der Waals surface area contributed by atoms with E-state index in [1.165, 1.54) is 10.9 Å². The maximum Gasteiger partial charge on any atom is 0.269 e. The number of hydrogen-bond donors (Lipinski definition) is 1. The Kier molecular flexibility index (Phi) is 2.58. The molecule has 0 atom stereocenters. The molecule has 0 aromatic carbocycles. The molecule has 84 valence electrons. The van der Waals surface area contributed by atoms with Crippen molar-refractivity contribution in [2.75, 3.05) is 0 Å². The van der Waals surface area contributed by atoms with Crippen molar-refractivity contribution in [3.8, 4) is 11.4 Å². The van der Waals surface area contributed by atoms with Crippen LogP contribution in [0, 0.1) is 6.57 Å². The number of amides is 1. The van der Waals surface area contributed by atoms with Crippen molar-refractivity contribution in [2.45, 2.75) is 0 Å². The van der Waals surface area contributed by atoms with Gasteiger partial charge in [-0.05, 0) is 12.1 Å². The molecule has 2 rings (SSSR count). The van der Waals surface area contributed by atoms with Gasteiger partial charge in [-0.25, -0.2) is 4.85 Å². The van der Waals surface area contributed by atoms with Gasteiger partial charge in [0.05, 0.1) is 18.0 Å². The molecule has 2 aromatic rings. The minimum absolute atomic E-state index is 0.193. The molecule has 0 unspecified atom stereocenters. The number of hydrogen-bond acceptors (Lipinski definition) is 3. The quantitative estimate of drug-likeness (QED) is 0.781. The molecule has 0 aliphatic rings. The summed E-state index contributed by atoms with van der Waals surface area (Å²) >= 11 is 0. The number of carbonyl (C=O) groups is 1. The predicted octanol–water partition coefficient (Wildman–Crippen LogP) is 1.13. The number of nitrogens with two attached hydrogens (primary N) is 1. The fourth-order valence-electron chi connectivity index (χ4n) is 1.43. The molecule has 2 aromatic heterocycles. The molecule has 2 heterocycles. The summed E-state index contributed by atoms with van der Waals surface area (Å²) in [5, 5.41) is 3.97. The molecule has 6 heteroatoms. The fraction of sp³-hybridized carbons (Fsp3) is 0.0909. The zero-order valence-corrected chi connectivity index (χ0v) is 9.08. The molecule has 0 saturated carbocycles. The first-order valence-corrected chi connectivity index (χ1v) is 4.79. The monoisotopic (exact) mass is 227 g/mol. The Balaban J connectivity index is 2.46. The van der Waals surface area contributed by atoms with Gasteiger partial charge in [0.25, 0.3) is 5.91 Å². The summed E-state index contributed by atoms with van der Waals surface area (Å²) in [7, 11) is 1.70. The summed E-state index contributed by atoms with van der Waals surface area (Å²) in [5.41, 5.74) is 7.12. The first-order chi connectivity index (χ1) is 8.11. The van der Waals surface area contributed by atoms with E-state index in [1.54, 1.807) is 25.2 Å². The zero-order chi connectivity index (χ0) is 12.4. The average molecular weight is 227 g/mol. The lowest BCUT2D eigenvalue weighted by Crippen LogP contribution is -2.11. The molecule has 0 aliphatic heterocycles. The van der Waals surface area contributed by atoms with Crippen molar-refractivity contribution >= 4 is 11.6 Å². The highest BCUT2D eigenvalue weighted by Crippen LogP contribution is 2.20. The summed E-state index contributed by atoms with van der Waals surface area (Å²) in [5.74, 6) is -0.579. The largest absolute Gasteiger partial charge is 0.364 e. The van der Waals surface area contributed by atoms with Crippen LogP contribution in [-0.4, -0.2) is 20.7 Å². The van der Waals surface area contributed by atoms with Crippen molar-refractivity contribution in [1.29, 1.82) is 0 Å². The summed E-state index contributed by atoms with van der Waals surface area (Å²) in [4.78, 5) is 18.4. The topological polar surface area (TPSA) is 78.2 Å². The zero-order valence-electron chi connectivity index (χ0n) is 9.08.